The average Bonchev–Trinajstić information content (AvgIpc) is 3.44. The third kappa shape index (κ3) is 3.91. The van der Waals surface area contributed by atoms with Crippen molar-refractivity contribution in [2.75, 3.05) is 6.54 Å². The largest absolute Gasteiger partial charge is 0.337 e. The lowest BCUT2D eigenvalue weighted by Crippen LogP contribution is -2.50. The molecule has 1 N–H and O–H groups in total. The van der Waals surface area contributed by atoms with Crippen molar-refractivity contribution in [3.63, 3.8) is 0 Å². The predicted octanol–water partition coefficient (Wildman–Crippen LogP) is 3.67. The van der Waals surface area contributed by atoms with Crippen molar-refractivity contribution in [1.29, 1.82) is 5.26 Å². The van der Waals surface area contributed by atoms with Gasteiger partial charge in [-0.15, -0.1) is 0 Å². The smallest absolute Gasteiger partial charge is 0.235 e. The van der Waals surface area contributed by atoms with E-state index in [1.54, 1.807) is 0 Å². The molecule has 0 spiro atoms. The Bertz CT molecular complexity index is 646. The lowest BCUT2D eigenvalue weighted by Gasteiger charge is -2.31. The molecule has 1 aromatic rings. The van der Waals surface area contributed by atoms with E-state index in [1.807, 2.05) is 31.2 Å². The van der Waals surface area contributed by atoms with E-state index in [1.165, 1.54) is 0 Å². The van der Waals surface area contributed by atoms with Crippen LogP contribution in [-0.2, 0) is 4.79 Å². The van der Waals surface area contributed by atoms with Crippen LogP contribution < -0.4 is 5.32 Å². The molecule has 0 saturated heterocycles. The van der Waals surface area contributed by atoms with E-state index in [9.17, 15) is 10.1 Å². The molecule has 2 aliphatic rings. The van der Waals surface area contributed by atoms with Crippen molar-refractivity contribution in [3.05, 3.63) is 34.9 Å². The zero-order valence-corrected chi connectivity index (χ0v) is 15.0. The number of carbonyl (C=O) groups excluding carboxylic acids is 1. The Hall–Kier alpha value is -1.57. The molecule has 0 aromatic heterocycles. The number of rotatable bonds is 7. The SMILES string of the molecule is C[C@@H](c1ccc(Cl)cc1)N(CC(=O)N[C@](C)(C#N)C1CC1)C1CC1. The van der Waals surface area contributed by atoms with Crippen LogP contribution in [0.2, 0.25) is 5.02 Å². The molecular formula is C19H24ClN3O. The summed E-state index contributed by atoms with van der Waals surface area (Å²) in [7, 11) is 0. The molecule has 2 atom stereocenters. The lowest BCUT2D eigenvalue weighted by molar-refractivity contribution is -0.124. The molecule has 2 fully saturated rings. The van der Waals surface area contributed by atoms with Gasteiger partial charge in [0.25, 0.3) is 0 Å². The van der Waals surface area contributed by atoms with Gasteiger partial charge in [-0.2, -0.15) is 5.26 Å². The van der Waals surface area contributed by atoms with Crippen molar-refractivity contribution in [2.45, 2.75) is 57.2 Å². The van der Waals surface area contributed by atoms with Gasteiger partial charge in [0, 0.05) is 17.1 Å². The van der Waals surface area contributed by atoms with E-state index >= 15 is 0 Å². The number of hydrogen-bond acceptors (Lipinski definition) is 3. The Morgan fingerprint density at radius 3 is 2.50 bits per heavy atom. The first-order valence-electron chi connectivity index (χ1n) is 8.66. The van der Waals surface area contributed by atoms with Gasteiger partial charge >= 0.3 is 0 Å². The first-order valence-corrected chi connectivity index (χ1v) is 9.04. The second-order valence-corrected chi connectivity index (χ2v) is 7.70. The van der Waals surface area contributed by atoms with Gasteiger partial charge in [0.1, 0.15) is 5.54 Å². The summed E-state index contributed by atoms with van der Waals surface area (Å²) >= 11 is 5.97. The minimum absolute atomic E-state index is 0.0568. The highest BCUT2D eigenvalue weighted by Crippen LogP contribution is 2.39. The van der Waals surface area contributed by atoms with Gasteiger partial charge in [-0.05, 0) is 63.1 Å². The quantitative estimate of drug-likeness (QED) is 0.820. The van der Waals surface area contributed by atoms with E-state index < -0.39 is 5.54 Å². The van der Waals surface area contributed by atoms with Gasteiger partial charge in [-0.1, -0.05) is 23.7 Å². The number of amides is 1. The van der Waals surface area contributed by atoms with Gasteiger partial charge in [0.05, 0.1) is 12.6 Å². The molecule has 1 aromatic carbocycles. The molecule has 4 nitrogen and oxygen atoms in total. The number of benzene rings is 1. The molecule has 2 saturated carbocycles. The van der Waals surface area contributed by atoms with Crippen molar-refractivity contribution >= 4 is 17.5 Å². The van der Waals surface area contributed by atoms with Crippen LogP contribution in [0.25, 0.3) is 0 Å². The Morgan fingerprint density at radius 1 is 1.38 bits per heavy atom. The standard InChI is InChI=1S/C19H24ClN3O/c1-13(14-3-7-16(20)8-4-14)23(17-9-10-17)11-18(24)22-19(2,12-21)15-5-6-15/h3-4,7-8,13,15,17H,5-6,9-11H2,1-2H3,(H,22,24)/t13-,19+/m0/s1. The maximum absolute atomic E-state index is 12.6. The van der Waals surface area contributed by atoms with Crippen molar-refractivity contribution in [2.24, 2.45) is 5.92 Å². The zero-order valence-electron chi connectivity index (χ0n) is 14.3. The number of hydrogen-bond donors (Lipinski definition) is 1. The second-order valence-electron chi connectivity index (χ2n) is 7.27. The molecular weight excluding hydrogens is 322 g/mol. The Morgan fingerprint density at radius 2 is 2.00 bits per heavy atom. The third-order valence-corrected chi connectivity index (χ3v) is 5.47. The Labute approximate surface area is 148 Å². The average molecular weight is 346 g/mol. The molecule has 0 radical (unpaired) electrons. The van der Waals surface area contributed by atoms with E-state index in [2.05, 4.69) is 23.2 Å². The Balaban J connectivity index is 1.66. The molecule has 0 unspecified atom stereocenters. The fraction of sp³-hybridized carbons (Fsp3) is 0.579. The normalized spacial score (nSPS) is 21.0. The number of halogens is 1. The van der Waals surface area contributed by atoms with Crippen LogP contribution in [0.1, 0.15) is 51.1 Å². The maximum Gasteiger partial charge on any atom is 0.235 e. The van der Waals surface area contributed by atoms with Crippen LogP contribution >= 0.6 is 11.6 Å². The van der Waals surface area contributed by atoms with Crippen LogP contribution in [0.5, 0.6) is 0 Å². The minimum Gasteiger partial charge on any atom is -0.337 e. The third-order valence-electron chi connectivity index (χ3n) is 5.22. The topological polar surface area (TPSA) is 56.1 Å². The van der Waals surface area contributed by atoms with Crippen molar-refractivity contribution in [3.8, 4) is 6.07 Å². The van der Waals surface area contributed by atoms with Gasteiger partial charge in [-0.25, -0.2) is 0 Å². The molecule has 0 aliphatic heterocycles. The molecule has 0 heterocycles. The second kappa shape index (κ2) is 6.74. The molecule has 5 heteroatoms. The monoisotopic (exact) mass is 345 g/mol. The van der Waals surface area contributed by atoms with Gasteiger partial charge in [0.2, 0.25) is 5.91 Å². The molecule has 3 rings (SSSR count). The van der Waals surface area contributed by atoms with E-state index in [0.717, 1.165) is 36.3 Å². The summed E-state index contributed by atoms with van der Waals surface area (Å²) in [6.07, 6.45) is 4.31. The fourth-order valence-electron chi connectivity index (χ4n) is 3.30. The minimum atomic E-state index is -0.726. The summed E-state index contributed by atoms with van der Waals surface area (Å²) in [5.74, 6) is 0.244. The van der Waals surface area contributed by atoms with Crippen molar-refractivity contribution in [1.82, 2.24) is 10.2 Å². The highest BCUT2D eigenvalue weighted by atomic mass is 35.5. The summed E-state index contributed by atoms with van der Waals surface area (Å²) in [5.41, 5.74) is 0.430. The Kier molecular flexibility index (Phi) is 4.85. The van der Waals surface area contributed by atoms with E-state index in [0.29, 0.717) is 18.5 Å². The first kappa shape index (κ1) is 17.3. The van der Waals surface area contributed by atoms with Crippen LogP contribution in [0.4, 0.5) is 0 Å². The van der Waals surface area contributed by atoms with Gasteiger partial charge in [0.15, 0.2) is 0 Å². The molecule has 24 heavy (non-hydrogen) atoms. The molecule has 2 aliphatic carbocycles. The molecule has 0 bridgehead atoms. The lowest BCUT2D eigenvalue weighted by atomic mass is 9.98. The summed E-state index contributed by atoms with van der Waals surface area (Å²) in [6, 6.07) is 10.7. The van der Waals surface area contributed by atoms with Crippen molar-refractivity contribution < 1.29 is 4.79 Å². The maximum atomic E-state index is 12.6. The molecule has 128 valence electrons. The highest BCUT2D eigenvalue weighted by molar-refractivity contribution is 6.30. The number of nitrogens with zero attached hydrogens (tertiary/aromatic N) is 2. The van der Waals surface area contributed by atoms with Crippen LogP contribution in [-0.4, -0.2) is 28.9 Å². The predicted molar refractivity (Wildman–Crippen MR) is 94.5 cm³/mol. The van der Waals surface area contributed by atoms with E-state index in [-0.39, 0.29) is 11.9 Å². The summed E-state index contributed by atoms with van der Waals surface area (Å²) in [5, 5.41) is 13.1. The van der Waals surface area contributed by atoms with Crippen LogP contribution in [0.15, 0.2) is 24.3 Å². The number of nitriles is 1. The summed E-state index contributed by atoms with van der Waals surface area (Å²) in [6.45, 7) is 4.30. The van der Waals surface area contributed by atoms with E-state index in [4.69, 9.17) is 11.6 Å². The zero-order chi connectivity index (χ0) is 17.3. The number of nitrogens with one attached hydrogen (secondary N) is 1. The van der Waals surface area contributed by atoms with Gasteiger partial charge in [-0.3, -0.25) is 9.69 Å². The van der Waals surface area contributed by atoms with Crippen LogP contribution in [0, 0.1) is 17.2 Å². The first-order chi connectivity index (χ1) is 11.4. The summed E-state index contributed by atoms with van der Waals surface area (Å²) < 4.78 is 0. The van der Waals surface area contributed by atoms with Crippen LogP contribution in [0.3, 0.4) is 0 Å². The highest BCUT2D eigenvalue weighted by Gasteiger charge is 2.43. The number of carbonyl (C=O) groups is 1. The fourth-order valence-corrected chi connectivity index (χ4v) is 3.42. The summed E-state index contributed by atoms with van der Waals surface area (Å²) in [4.78, 5) is 14.8. The molecule has 1 amide bonds. The van der Waals surface area contributed by atoms with Gasteiger partial charge < -0.3 is 5.32 Å².